The highest BCUT2D eigenvalue weighted by Crippen LogP contribution is 1.82. The SMILES string of the molecule is NCC(=O)NCC(=O)NCC(=O)NCC(=O)NCC(=O)NCC(=O)NC(CO)C(=O)O. The van der Waals surface area contributed by atoms with E-state index in [1.807, 2.05) is 5.32 Å². The molecule has 0 aliphatic heterocycles. The van der Waals surface area contributed by atoms with Gasteiger partial charge in [0.25, 0.3) is 0 Å². The highest BCUT2D eigenvalue weighted by atomic mass is 16.4. The molecule has 0 aromatic rings. The number of aliphatic hydroxyl groups is 1. The number of aliphatic hydroxyl groups excluding tert-OH is 1. The minimum absolute atomic E-state index is 0.289. The molecule has 0 aliphatic rings. The molecule has 0 fully saturated rings. The van der Waals surface area contributed by atoms with Crippen molar-refractivity contribution in [3.63, 3.8) is 0 Å². The number of aliphatic carboxylic acids is 1. The van der Waals surface area contributed by atoms with E-state index < -0.39 is 80.2 Å². The predicted octanol–water partition coefficient (Wildman–Crippen LogP) is -6.91. The summed E-state index contributed by atoms with van der Waals surface area (Å²) in [5.41, 5.74) is 5.04. The van der Waals surface area contributed by atoms with E-state index in [1.54, 1.807) is 0 Å². The molecule has 0 aromatic heterocycles. The van der Waals surface area contributed by atoms with Crippen molar-refractivity contribution in [2.24, 2.45) is 5.73 Å². The topological polar surface area (TPSA) is 258 Å². The highest BCUT2D eigenvalue weighted by Gasteiger charge is 2.18. The van der Waals surface area contributed by atoms with Crippen LogP contribution >= 0.6 is 0 Å². The van der Waals surface area contributed by atoms with E-state index in [4.69, 9.17) is 15.9 Å². The summed E-state index contributed by atoms with van der Waals surface area (Å²) in [5, 5.41) is 30.2. The standard InChI is InChI=1S/C15H25N7O9/c16-1-9(24)17-2-10(25)18-3-11(26)19-4-12(27)20-5-13(28)21-6-14(29)22-8(7-23)15(30)31/h8,23H,1-7,16H2,(H,17,24)(H,18,25)(H,19,26)(H,20,27)(H,21,28)(H,22,29)(H,30,31). The Balaban J connectivity index is 3.97. The summed E-state index contributed by atoms with van der Waals surface area (Å²) < 4.78 is 0. The number of carbonyl (C=O) groups is 7. The van der Waals surface area contributed by atoms with Crippen molar-refractivity contribution in [2.45, 2.75) is 6.04 Å². The molecule has 0 heterocycles. The lowest BCUT2D eigenvalue weighted by molar-refractivity contribution is -0.142. The lowest BCUT2D eigenvalue weighted by Crippen LogP contribution is -2.49. The molecule has 16 nitrogen and oxygen atoms in total. The summed E-state index contributed by atoms with van der Waals surface area (Å²) in [6.07, 6.45) is 0. The summed E-state index contributed by atoms with van der Waals surface area (Å²) in [5.74, 6) is -5.70. The number of hydrogen-bond acceptors (Lipinski definition) is 9. The molecule has 0 rings (SSSR count). The lowest BCUT2D eigenvalue weighted by atomic mass is 10.3. The van der Waals surface area contributed by atoms with E-state index in [0.29, 0.717) is 0 Å². The number of nitrogens with two attached hydrogens (primary N) is 1. The van der Waals surface area contributed by atoms with Gasteiger partial charge in [0.1, 0.15) is 6.04 Å². The van der Waals surface area contributed by atoms with E-state index >= 15 is 0 Å². The summed E-state index contributed by atoms with van der Waals surface area (Å²) in [6.45, 7) is -3.54. The van der Waals surface area contributed by atoms with Gasteiger partial charge in [-0.1, -0.05) is 0 Å². The molecule has 6 amide bonds. The molecule has 0 aliphatic carbocycles. The molecule has 0 saturated heterocycles. The first-order valence-corrected chi connectivity index (χ1v) is 8.75. The van der Waals surface area contributed by atoms with Crippen LogP contribution in [-0.2, 0) is 33.6 Å². The van der Waals surface area contributed by atoms with Gasteiger partial charge in [-0.05, 0) is 0 Å². The number of rotatable bonds is 14. The van der Waals surface area contributed by atoms with Crippen LogP contribution in [0.4, 0.5) is 0 Å². The molecule has 31 heavy (non-hydrogen) atoms. The van der Waals surface area contributed by atoms with Crippen molar-refractivity contribution in [1.29, 1.82) is 0 Å². The Morgan fingerprint density at radius 3 is 1.23 bits per heavy atom. The van der Waals surface area contributed by atoms with Gasteiger partial charge in [0.15, 0.2) is 0 Å². The lowest BCUT2D eigenvalue weighted by Gasteiger charge is -2.12. The second-order valence-corrected chi connectivity index (χ2v) is 5.73. The Kier molecular flexibility index (Phi) is 13.3. The van der Waals surface area contributed by atoms with E-state index in [-0.39, 0.29) is 13.1 Å². The van der Waals surface area contributed by atoms with Crippen LogP contribution in [0.1, 0.15) is 0 Å². The van der Waals surface area contributed by atoms with Crippen LogP contribution in [0.2, 0.25) is 0 Å². The number of amides is 6. The van der Waals surface area contributed by atoms with Crippen LogP contribution in [0, 0.1) is 0 Å². The molecule has 174 valence electrons. The van der Waals surface area contributed by atoms with Crippen molar-refractivity contribution in [3.8, 4) is 0 Å². The quantitative estimate of drug-likeness (QED) is 0.121. The largest absolute Gasteiger partial charge is 0.480 e. The first-order valence-electron chi connectivity index (χ1n) is 8.75. The van der Waals surface area contributed by atoms with Gasteiger partial charge in [0.2, 0.25) is 35.4 Å². The van der Waals surface area contributed by atoms with E-state index in [1.165, 1.54) is 0 Å². The van der Waals surface area contributed by atoms with Crippen LogP contribution < -0.4 is 37.6 Å². The Morgan fingerprint density at radius 2 is 0.935 bits per heavy atom. The van der Waals surface area contributed by atoms with Gasteiger partial charge >= 0.3 is 5.97 Å². The predicted molar refractivity (Wildman–Crippen MR) is 101 cm³/mol. The number of nitrogens with one attached hydrogen (secondary N) is 6. The Labute approximate surface area is 175 Å². The molecule has 16 heteroatoms. The summed E-state index contributed by atoms with van der Waals surface area (Å²) in [7, 11) is 0. The van der Waals surface area contributed by atoms with Gasteiger partial charge in [-0.25, -0.2) is 4.79 Å². The van der Waals surface area contributed by atoms with Gasteiger partial charge in [-0.2, -0.15) is 0 Å². The average Bonchev–Trinajstić information content (AvgIpc) is 2.74. The van der Waals surface area contributed by atoms with Gasteiger partial charge in [0, 0.05) is 0 Å². The first kappa shape index (κ1) is 27.2. The zero-order valence-corrected chi connectivity index (χ0v) is 16.4. The summed E-state index contributed by atoms with van der Waals surface area (Å²) >= 11 is 0. The molecule has 0 saturated carbocycles. The van der Waals surface area contributed by atoms with Crippen LogP contribution in [0.5, 0.6) is 0 Å². The smallest absolute Gasteiger partial charge is 0.328 e. The second-order valence-electron chi connectivity index (χ2n) is 5.73. The summed E-state index contributed by atoms with van der Waals surface area (Å²) in [4.78, 5) is 79.0. The molecule has 1 unspecified atom stereocenters. The van der Waals surface area contributed by atoms with Crippen molar-refractivity contribution in [1.82, 2.24) is 31.9 Å². The van der Waals surface area contributed by atoms with Crippen LogP contribution in [-0.4, -0.2) is 104 Å². The van der Waals surface area contributed by atoms with Gasteiger partial charge in [-0.3, -0.25) is 28.8 Å². The highest BCUT2D eigenvalue weighted by molar-refractivity contribution is 5.92. The van der Waals surface area contributed by atoms with Crippen molar-refractivity contribution in [3.05, 3.63) is 0 Å². The van der Waals surface area contributed by atoms with Crippen molar-refractivity contribution >= 4 is 41.4 Å². The number of carboxylic acids is 1. The molecule has 0 bridgehead atoms. The van der Waals surface area contributed by atoms with Crippen LogP contribution in [0.25, 0.3) is 0 Å². The fraction of sp³-hybridized carbons (Fsp3) is 0.533. The second kappa shape index (κ2) is 15.1. The molecule has 10 N–H and O–H groups in total. The average molecular weight is 447 g/mol. The molecular weight excluding hydrogens is 422 g/mol. The molecule has 0 aromatic carbocycles. The normalized spacial score (nSPS) is 10.8. The minimum atomic E-state index is -1.51. The van der Waals surface area contributed by atoms with Crippen molar-refractivity contribution < 1.29 is 43.8 Å². The van der Waals surface area contributed by atoms with E-state index in [0.717, 1.165) is 0 Å². The van der Waals surface area contributed by atoms with Crippen molar-refractivity contribution in [2.75, 3.05) is 45.9 Å². The maximum absolute atomic E-state index is 11.6. The maximum atomic E-state index is 11.6. The molecule has 0 radical (unpaired) electrons. The van der Waals surface area contributed by atoms with Gasteiger partial charge < -0.3 is 47.8 Å². The first-order chi connectivity index (χ1) is 14.6. The Hall–Kier alpha value is -3.79. The number of hydrogen-bond donors (Lipinski definition) is 9. The third kappa shape index (κ3) is 13.9. The van der Waals surface area contributed by atoms with E-state index in [2.05, 4.69) is 26.6 Å². The zero-order chi connectivity index (χ0) is 23.8. The van der Waals surface area contributed by atoms with Gasteiger partial charge in [-0.15, -0.1) is 0 Å². The molecular formula is C15H25N7O9. The fourth-order valence-corrected chi connectivity index (χ4v) is 1.65. The van der Waals surface area contributed by atoms with E-state index in [9.17, 15) is 33.6 Å². The third-order valence-corrected chi connectivity index (χ3v) is 3.23. The Bertz CT molecular complexity index is 698. The number of carboxylic acid groups (broad SMARTS) is 1. The summed E-state index contributed by atoms with van der Waals surface area (Å²) in [6, 6.07) is -1.51. The molecule has 1 atom stereocenters. The van der Waals surface area contributed by atoms with Gasteiger partial charge in [0.05, 0.1) is 45.9 Å². The monoisotopic (exact) mass is 447 g/mol. The number of carbonyl (C=O) groups excluding carboxylic acids is 6. The maximum Gasteiger partial charge on any atom is 0.328 e. The van der Waals surface area contributed by atoms with Crippen LogP contribution in [0.3, 0.4) is 0 Å². The Morgan fingerprint density at radius 1 is 0.613 bits per heavy atom. The van der Waals surface area contributed by atoms with Crippen LogP contribution in [0.15, 0.2) is 0 Å². The molecule has 0 spiro atoms. The minimum Gasteiger partial charge on any atom is -0.480 e. The zero-order valence-electron chi connectivity index (χ0n) is 16.4. The fourth-order valence-electron chi connectivity index (χ4n) is 1.65. The third-order valence-electron chi connectivity index (χ3n) is 3.23.